The van der Waals surface area contributed by atoms with Crippen molar-refractivity contribution in [1.82, 2.24) is 4.90 Å². The second-order valence-electron chi connectivity index (χ2n) is 7.87. The Morgan fingerprint density at radius 1 is 1.00 bits per heavy atom. The number of fused-ring (bicyclic) bond motifs is 2. The smallest absolute Gasteiger partial charge is 0.253 e. The van der Waals surface area contributed by atoms with Crippen LogP contribution < -0.4 is 5.32 Å². The van der Waals surface area contributed by atoms with E-state index in [-0.39, 0.29) is 23.8 Å². The van der Waals surface area contributed by atoms with E-state index < -0.39 is 0 Å². The SMILES string of the molecule is O=C(Nc1ccc(C(=O)N2CCC(O)CC2)cc1)C1CC2CCC1C2. The molecule has 3 aliphatic rings. The van der Waals surface area contributed by atoms with Crippen LogP contribution in [0.3, 0.4) is 0 Å². The third-order valence-corrected chi connectivity index (χ3v) is 6.23. The lowest BCUT2D eigenvalue weighted by Crippen LogP contribution is -2.40. The van der Waals surface area contributed by atoms with Crippen molar-refractivity contribution < 1.29 is 14.7 Å². The average Bonchev–Trinajstić information content (AvgIpc) is 3.26. The van der Waals surface area contributed by atoms with Crippen LogP contribution in [-0.2, 0) is 4.79 Å². The first kappa shape index (κ1) is 16.6. The molecular weight excluding hydrogens is 316 g/mol. The maximum Gasteiger partial charge on any atom is 0.253 e. The Morgan fingerprint density at radius 2 is 1.72 bits per heavy atom. The van der Waals surface area contributed by atoms with Gasteiger partial charge in [-0.05, 0) is 68.2 Å². The van der Waals surface area contributed by atoms with E-state index in [0.29, 0.717) is 37.4 Å². The zero-order valence-electron chi connectivity index (χ0n) is 14.5. The number of likely N-dealkylation sites (tertiary alicyclic amines) is 1. The summed E-state index contributed by atoms with van der Waals surface area (Å²) in [6.45, 7) is 1.20. The van der Waals surface area contributed by atoms with Crippen LogP contribution in [-0.4, -0.2) is 41.0 Å². The van der Waals surface area contributed by atoms with Crippen molar-refractivity contribution in [3.05, 3.63) is 29.8 Å². The highest BCUT2D eigenvalue weighted by molar-refractivity contribution is 5.96. The van der Waals surface area contributed by atoms with E-state index in [0.717, 1.165) is 18.0 Å². The van der Waals surface area contributed by atoms with Gasteiger partial charge in [0, 0.05) is 30.3 Å². The number of benzene rings is 1. The summed E-state index contributed by atoms with van der Waals surface area (Å²) in [5.41, 5.74) is 1.40. The molecule has 4 rings (SSSR count). The summed E-state index contributed by atoms with van der Waals surface area (Å²) in [5, 5.41) is 12.6. The van der Waals surface area contributed by atoms with Crippen LogP contribution in [0.1, 0.15) is 48.9 Å². The molecule has 3 unspecified atom stereocenters. The van der Waals surface area contributed by atoms with Gasteiger partial charge in [0.25, 0.3) is 5.91 Å². The van der Waals surface area contributed by atoms with Gasteiger partial charge >= 0.3 is 0 Å². The van der Waals surface area contributed by atoms with Crippen LogP contribution in [0.25, 0.3) is 0 Å². The van der Waals surface area contributed by atoms with Gasteiger partial charge < -0.3 is 15.3 Å². The van der Waals surface area contributed by atoms with Crippen molar-refractivity contribution in [3.63, 3.8) is 0 Å². The zero-order chi connectivity index (χ0) is 17.4. The monoisotopic (exact) mass is 342 g/mol. The molecule has 0 radical (unpaired) electrons. The number of hydrogen-bond donors (Lipinski definition) is 2. The third-order valence-electron chi connectivity index (χ3n) is 6.23. The zero-order valence-corrected chi connectivity index (χ0v) is 14.5. The van der Waals surface area contributed by atoms with E-state index >= 15 is 0 Å². The molecule has 134 valence electrons. The molecule has 1 heterocycles. The quantitative estimate of drug-likeness (QED) is 0.887. The number of carbonyl (C=O) groups is 2. The standard InChI is InChI=1S/C20H26N2O3/c23-17-7-9-22(10-8-17)20(25)14-3-5-16(6-4-14)21-19(24)18-12-13-1-2-15(18)11-13/h3-6,13,15,17-18,23H,1-2,7-12H2,(H,21,24). The molecule has 2 saturated carbocycles. The first-order valence-corrected chi connectivity index (χ1v) is 9.48. The number of nitrogens with zero attached hydrogens (tertiary/aromatic N) is 1. The summed E-state index contributed by atoms with van der Waals surface area (Å²) in [7, 11) is 0. The molecule has 25 heavy (non-hydrogen) atoms. The van der Waals surface area contributed by atoms with Crippen molar-refractivity contribution in [2.75, 3.05) is 18.4 Å². The predicted octanol–water partition coefficient (Wildman–Crippen LogP) is 2.66. The molecule has 1 aliphatic heterocycles. The summed E-state index contributed by atoms with van der Waals surface area (Å²) >= 11 is 0. The van der Waals surface area contributed by atoms with Gasteiger partial charge in [-0.3, -0.25) is 9.59 Å². The Labute approximate surface area is 148 Å². The van der Waals surface area contributed by atoms with Crippen molar-refractivity contribution in [1.29, 1.82) is 0 Å². The number of rotatable bonds is 3. The second kappa shape index (κ2) is 6.79. The molecule has 1 aromatic rings. The van der Waals surface area contributed by atoms with Gasteiger partial charge in [0.2, 0.25) is 5.91 Å². The molecule has 3 atom stereocenters. The Kier molecular flexibility index (Phi) is 4.50. The fraction of sp³-hybridized carbons (Fsp3) is 0.600. The van der Waals surface area contributed by atoms with Crippen molar-refractivity contribution >= 4 is 17.5 Å². The van der Waals surface area contributed by atoms with E-state index in [2.05, 4.69) is 5.32 Å². The largest absolute Gasteiger partial charge is 0.393 e. The maximum atomic E-state index is 12.5. The van der Waals surface area contributed by atoms with Crippen LogP contribution in [0.5, 0.6) is 0 Å². The number of piperidine rings is 1. The molecule has 2 amide bonds. The molecule has 1 aromatic carbocycles. The Hall–Kier alpha value is -1.88. The fourth-order valence-corrected chi connectivity index (χ4v) is 4.75. The predicted molar refractivity (Wildman–Crippen MR) is 95.2 cm³/mol. The lowest BCUT2D eigenvalue weighted by atomic mass is 9.88. The fourth-order valence-electron chi connectivity index (χ4n) is 4.75. The van der Waals surface area contributed by atoms with Gasteiger partial charge in [-0.1, -0.05) is 6.42 Å². The summed E-state index contributed by atoms with van der Waals surface area (Å²) in [4.78, 5) is 26.8. The molecule has 0 aromatic heterocycles. The lowest BCUT2D eigenvalue weighted by Gasteiger charge is -2.29. The van der Waals surface area contributed by atoms with Crippen LogP contribution in [0.2, 0.25) is 0 Å². The normalized spacial score (nSPS) is 29.0. The molecule has 1 saturated heterocycles. The highest BCUT2D eigenvalue weighted by Gasteiger charge is 2.43. The first-order chi connectivity index (χ1) is 12.1. The average molecular weight is 342 g/mol. The minimum atomic E-state index is -0.285. The number of amides is 2. The minimum Gasteiger partial charge on any atom is -0.393 e. The van der Waals surface area contributed by atoms with Gasteiger partial charge in [0.05, 0.1) is 6.10 Å². The van der Waals surface area contributed by atoms with Crippen LogP contribution in [0, 0.1) is 17.8 Å². The first-order valence-electron chi connectivity index (χ1n) is 9.48. The number of hydrogen-bond acceptors (Lipinski definition) is 3. The number of anilines is 1. The molecule has 3 fully saturated rings. The summed E-state index contributed by atoms with van der Waals surface area (Å²) in [6, 6.07) is 7.20. The number of aliphatic hydroxyl groups is 1. The molecule has 2 N–H and O–H groups in total. The molecule has 5 heteroatoms. The molecule has 0 spiro atoms. The summed E-state index contributed by atoms with van der Waals surface area (Å²) < 4.78 is 0. The number of carbonyl (C=O) groups excluding carboxylic acids is 2. The minimum absolute atomic E-state index is 0.00196. The van der Waals surface area contributed by atoms with Crippen molar-refractivity contribution in [2.45, 2.75) is 44.6 Å². The van der Waals surface area contributed by atoms with Gasteiger partial charge in [-0.15, -0.1) is 0 Å². The third kappa shape index (κ3) is 3.43. The summed E-state index contributed by atoms with van der Waals surface area (Å²) in [6.07, 6.45) is 5.74. The highest BCUT2D eigenvalue weighted by Crippen LogP contribution is 2.48. The molecular formula is C20H26N2O3. The topological polar surface area (TPSA) is 69.6 Å². The van der Waals surface area contributed by atoms with Gasteiger partial charge in [-0.2, -0.15) is 0 Å². The Balaban J connectivity index is 1.35. The van der Waals surface area contributed by atoms with Gasteiger partial charge in [0.15, 0.2) is 0 Å². The van der Waals surface area contributed by atoms with Crippen LogP contribution in [0.4, 0.5) is 5.69 Å². The van der Waals surface area contributed by atoms with Crippen molar-refractivity contribution in [2.24, 2.45) is 17.8 Å². The van der Waals surface area contributed by atoms with Crippen LogP contribution in [0.15, 0.2) is 24.3 Å². The van der Waals surface area contributed by atoms with E-state index in [1.54, 1.807) is 17.0 Å². The highest BCUT2D eigenvalue weighted by atomic mass is 16.3. The maximum absolute atomic E-state index is 12.5. The Morgan fingerprint density at radius 3 is 2.32 bits per heavy atom. The molecule has 2 aliphatic carbocycles. The van der Waals surface area contributed by atoms with Gasteiger partial charge in [0.1, 0.15) is 0 Å². The lowest BCUT2D eigenvalue weighted by molar-refractivity contribution is -0.121. The molecule has 2 bridgehead atoms. The van der Waals surface area contributed by atoms with E-state index in [9.17, 15) is 14.7 Å². The Bertz CT molecular complexity index is 649. The van der Waals surface area contributed by atoms with Crippen LogP contribution >= 0.6 is 0 Å². The van der Waals surface area contributed by atoms with E-state index in [1.165, 1.54) is 19.3 Å². The van der Waals surface area contributed by atoms with Gasteiger partial charge in [-0.25, -0.2) is 0 Å². The van der Waals surface area contributed by atoms with E-state index in [1.807, 2.05) is 12.1 Å². The number of aliphatic hydroxyl groups excluding tert-OH is 1. The second-order valence-corrected chi connectivity index (χ2v) is 7.87. The molecule has 5 nitrogen and oxygen atoms in total. The summed E-state index contributed by atoms with van der Waals surface area (Å²) in [5.74, 6) is 1.62. The van der Waals surface area contributed by atoms with Crippen molar-refractivity contribution in [3.8, 4) is 0 Å². The van der Waals surface area contributed by atoms with E-state index in [4.69, 9.17) is 0 Å². The number of nitrogens with one attached hydrogen (secondary N) is 1.